The van der Waals surface area contributed by atoms with Crippen molar-refractivity contribution >= 4 is 17.6 Å². The molecule has 0 spiro atoms. The van der Waals surface area contributed by atoms with Gasteiger partial charge in [-0.25, -0.2) is 4.79 Å². The number of rotatable bonds is 6. The SMILES string of the molecule is Cc1ccc(Cn2nc(C)c(C(=O)O[C@H](C)C(=O)N(C)c3ccccc3)c2C)cc1. The van der Waals surface area contributed by atoms with Crippen molar-refractivity contribution in [1.82, 2.24) is 9.78 Å². The van der Waals surface area contributed by atoms with E-state index in [1.54, 1.807) is 25.6 Å². The normalized spacial score (nSPS) is 11.8. The van der Waals surface area contributed by atoms with Crippen LogP contribution in [0.5, 0.6) is 0 Å². The predicted molar refractivity (Wildman–Crippen MR) is 117 cm³/mol. The molecule has 6 heteroatoms. The Kier molecular flexibility index (Phi) is 6.35. The zero-order valence-corrected chi connectivity index (χ0v) is 18.0. The number of aryl methyl sites for hydroxylation is 2. The van der Waals surface area contributed by atoms with Gasteiger partial charge in [0.25, 0.3) is 5.91 Å². The molecule has 1 amide bonds. The summed E-state index contributed by atoms with van der Waals surface area (Å²) in [4.78, 5) is 27.0. The summed E-state index contributed by atoms with van der Waals surface area (Å²) in [6, 6.07) is 17.4. The maximum Gasteiger partial charge on any atom is 0.342 e. The molecule has 0 saturated heterocycles. The Morgan fingerprint density at radius 2 is 1.67 bits per heavy atom. The molecule has 0 fully saturated rings. The quantitative estimate of drug-likeness (QED) is 0.580. The molecule has 1 atom stereocenters. The second kappa shape index (κ2) is 8.95. The van der Waals surface area contributed by atoms with Crippen LogP contribution in [0.4, 0.5) is 5.69 Å². The summed E-state index contributed by atoms with van der Waals surface area (Å²) in [5, 5.41) is 4.50. The summed E-state index contributed by atoms with van der Waals surface area (Å²) in [7, 11) is 1.66. The van der Waals surface area contributed by atoms with Crippen molar-refractivity contribution in [2.45, 2.75) is 40.3 Å². The van der Waals surface area contributed by atoms with Gasteiger partial charge < -0.3 is 9.64 Å². The molecule has 0 bridgehead atoms. The van der Waals surface area contributed by atoms with Crippen LogP contribution in [-0.4, -0.2) is 34.8 Å². The summed E-state index contributed by atoms with van der Waals surface area (Å²) >= 11 is 0. The van der Waals surface area contributed by atoms with E-state index < -0.39 is 12.1 Å². The van der Waals surface area contributed by atoms with Gasteiger partial charge in [-0.3, -0.25) is 9.48 Å². The Morgan fingerprint density at radius 1 is 1.03 bits per heavy atom. The van der Waals surface area contributed by atoms with Crippen LogP contribution in [0.3, 0.4) is 0 Å². The van der Waals surface area contributed by atoms with E-state index in [1.165, 1.54) is 10.5 Å². The molecule has 3 rings (SSSR count). The molecule has 0 N–H and O–H groups in total. The van der Waals surface area contributed by atoms with Gasteiger partial charge in [0.05, 0.1) is 17.9 Å². The van der Waals surface area contributed by atoms with Crippen molar-refractivity contribution in [3.63, 3.8) is 0 Å². The first-order chi connectivity index (χ1) is 14.3. The van der Waals surface area contributed by atoms with Gasteiger partial charge in [-0.1, -0.05) is 48.0 Å². The van der Waals surface area contributed by atoms with Crippen LogP contribution >= 0.6 is 0 Å². The molecule has 6 nitrogen and oxygen atoms in total. The highest BCUT2D eigenvalue weighted by Gasteiger charge is 2.26. The summed E-state index contributed by atoms with van der Waals surface area (Å²) in [6.45, 7) is 7.80. The second-order valence-corrected chi connectivity index (χ2v) is 7.47. The maximum atomic E-state index is 12.8. The number of esters is 1. The molecule has 156 valence electrons. The summed E-state index contributed by atoms with van der Waals surface area (Å²) in [5.41, 5.74) is 4.73. The Labute approximate surface area is 177 Å². The van der Waals surface area contributed by atoms with Crippen LogP contribution in [0.15, 0.2) is 54.6 Å². The third-order valence-corrected chi connectivity index (χ3v) is 5.14. The van der Waals surface area contributed by atoms with E-state index in [9.17, 15) is 9.59 Å². The van der Waals surface area contributed by atoms with Gasteiger partial charge in [-0.05, 0) is 45.4 Å². The van der Waals surface area contributed by atoms with Gasteiger partial charge in [-0.2, -0.15) is 5.10 Å². The van der Waals surface area contributed by atoms with Crippen LogP contribution in [0.1, 0.15) is 39.8 Å². The zero-order chi connectivity index (χ0) is 21.8. The first-order valence-corrected chi connectivity index (χ1v) is 9.91. The number of ether oxygens (including phenoxy) is 1. The minimum absolute atomic E-state index is 0.295. The van der Waals surface area contributed by atoms with E-state index in [2.05, 4.69) is 5.10 Å². The lowest BCUT2D eigenvalue weighted by atomic mass is 10.1. The minimum Gasteiger partial charge on any atom is -0.449 e. The highest BCUT2D eigenvalue weighted by molar-refractivity contribution is 5.99. The number of amides is 1. The molecule has 1 aromatic heterocycles. The average molecular weight is 405 g/mol. The van der Waals surface area contributed by atoms with Crippen molar-refractivity contribution < 1.29 is 14.3 Å². The zero-order valence-electron chi connectivity index (χ0n) is 18.0. The van der Waals surface area contributed by atoms with Gasteiger partial charge in [-0.15, -0.1) is 0 Å². The standard InChI is InChI=1S/C24H27N3O3/c1-16-11-13-20(14-12-16)15-27-18(3)22(17(2)25-27)24(29)30-19(4)23(28)26(5)21-9-7-6-8-10-21/h6-14,19H,15H2,1-5H3/t19-/m1/s1. The summed E-state index contributed by atoms with van der Waals surface area (Å²) < 4.78 is 7.29. The van der Waals surface area contributed by atoms with E-state index >= 15 is 0 Å². The van der Waals surface area contributed by atoms with Crippen molar-refractivity contribution in [3.05, 3.63) is 82.7 Å². The Balaban J connectivity index is 1.72. The number of carbonyl (C=O) groups excluding carboxylic acids is 2. The largest absolute Gasteiger partial charge is 0.449 e. The fourth-order valence-electron chi connectivity index (χ4n) is 3.33. The van der Waals surface area contributed by atoms with E-state index in [0.29, 0.717) is 23.5 Å². The van der Waals surface area contributed by atoms with Crippen LogP contribution in [0, 0.1) is 20.8 Å². The molecule has 3 aromatic rings. The molecule has 0 aliphatic carbocycles. The lowest BCUT2D eigenvalue weighted by Gasteiger charge is -2.21. The predicted octanol–water partition coefficient (Wildman–Crippen LogP) is 4.06. The Morgan fingerprint density at radius 3 is 2.30 bits per heavy atom. The van der Waals surface area contributed by atoms with Gasteiger partial charge in [0, 0.05) is 12.7 Å². The van der Waals surface area contributed by atoms with Crippen LogP contribution in [-0.2, 0) is 16.1 Å². The molecule has 30 heavy (non-hydrogen) atoms. The number of nitrogens with zero attached hydrogens (tertiary/aromatic N) is 3. The lowest BCUT2D eigenvalue weighted by Crippen LogP contribution is -2.37. The van der Waals surface area contributed by atoms with Crippen LogP contribution in [0.2, 0.25) is 0 Å². The number of likely N-dealkylation sites (N-methyl/N-ethyl adjacent to an activating group) is 1. The Hall–Kier alpha value is -3.41. The molecular weight excluding hydrogens is 378 g/mol. The topological polar surface area (TPSA) is 64.4 Å². The molecule has 0 radical (unpaired) electrons. The van der Waals surface area contributed by atoms with Gasteiger partial charge in [0.15, 0.2) is 6.10 Å². The molecule has 0 saturated carbocycles. The number of hydrogen-bond acceptors (Lipinski definition) is 4. The summed E-state index contributed by atoms with van der Waals surface area (Å²) in [6.07, 6.45) is -0.915. The van der Waals surface area contributed by atoms with Crippen LogP contribution in [0.25, 0.3) is 0 Å². The Bertz CT molecular complexity index is 1040. The van der Waals surface area contributed by atoms with Crippen molar-refractivity contribution in [3.8, 4) is 0 Å². The van der Waals surface area contributed by atoms with Gasteiger partial charge in [0.1, 0.15) is 5.56 Å². The molecular formula is C24H27N3O3. The number of carbonyl (C=O) groups is 2. The molecule has 0 unspecified atom stereocenters. The van der Waals surface area contributed by atoms with Gasteiger partial charge in [0.2, 0.25) is 0 Å². The first-order valence-electron chi connectivity index (χ1n) is 9.91. The number of benzene rings is 2. The van der Waals surface area contributed by atoms with E-state index in [0.717, 1.165) is 11.3 Å². The summed E-state index contributed by atoms with van der Waals surface area (Å²) in [5.74, 6) is -0.834. The number of aromatic nitrogens is 2. The fraction of sp³-hybridized carbons (Fsp3) is 0.292. The maximum absolute atomic E-state index is 12.8. The van der Waals surface area contributed by atoms with E-state index in [4.69, 9.17) is 4.74 Å². The lowest BCUT2D eigenvalue weighted by molar-refractivity contribution is -0.126. The van der Waals surface area contributed by atoms with Crippen molar-refractivity contribution in [1.29, 1.82) is 0 Å². The second-order valence-electron chi connectivity index (χ2n) is 7.47. The monoisotopic (exact) mass is 405 g/mol. The molecule has 2 aromatic carbocycles. The molecule has 1 heterocycles. The average Bonchev–Trinajstić information content (AvgIpc) is 3.02. The smallest absolute Gasteiger partial charge is 0.342 e. The number of anilines is 1. The third kappa shape index (κ3) is 4.59. The molecule has 0 aliphatic rings. The number of para-hydroxylation sites is 1. The van der Waals surface area contributed by atoms with Crippen molar-refractivity contribution in [2.75, 3.05) is 11.9 Å². The molecule has 0 aliphatic heterocycles. The fourth-order valence-corrected chi connectivity index (χ4v) is 3.33. The third-order valence-electron chi connectivity index (χ3n) is 5.14. The number of hydrogen-bond donors (Lipinski definition) is 0. The first kappa shape index (κ1) is 21.3. The van der Waals surface area contributed by atoms with Crippen molar-refractivity contribution in [2.24, 2.45) is 0 Å². The van der Waals surface area contributed by atoms with E-state index in [-0.39, 0.29) is 5.91 Å². The highest BCUT2D eigenvalue weighted by atomic mass is 16.5. The minimum atomic E-state index is -0.915. The van der Waals surface area contributed by atoms with E-state index in [1.807, 2.05) is 68.4 Å². The van der Waals surface area contributed by atoms with Crippen LogP contribution < -0.4 is 4.90 Å². The highest BCUT2D eigenvalue weighted by Crippen LogP contribution is 2.19. The van der Waals surface area contributed by atoms with Gasteiger partial charge >= 0.3 is 5.97 Å².